The van der Waals surface area contributed by atoms with Crippen molar-refractivity contribution in [1.29, 1.82) is 0 Å². The Morgan fingerprint density at radius 2 is 2.19 bits per heavy atom. The van der Waals surface area contributed by atoms with Crippen LogP contribution in [-0.2, 0) is 11.3 Å². The van der Waals surface area contributed by atoms with Gasteiger partial charge in [0.1, 0.15) is 11.9 Å². The van der Waals surface area contributed by atoms with Crippen LogP contribution in [0.4, 0.5) is 9.18 Å². The van der Waals surface area contributed by atoms with E-state index in [0.29, 0.717) is 17.7 Å². The molecule has 21 heavy (non-hydrogen) atoms. The molecule has 0 unspecified atom stereocenters. The Bertz CT molecular complexity index is 516. The third-order valence-electron chi connectivity index (χ3n) is 2.65. The van der Waals surface area contributed by atoms with Gasteiger partial charge in [-0.15, -0.1) is 0 Å². The highest BCUT2D eigenvalue weighted by molar-refractivity contribution is 7.98. The predicted molar refractivity (Wildman–Crippen MR) is 81.2 cm³/mol. The number of hydrogen-bond donors (Lipinski definition) is 3. The van der Waals surface area contributed by atoms with Crippen molar-refractivity contribution in [1.82, 2.24) is 10.6 Å². The minimum atomic E-state index is -1.08. The van der Waals surface area contributed by atoms with Gasteiger partial charge in [-0.2, -0.15) is 11.8 Å². The van der Waals surface area contributed by atoms with Gasteiger partial charge < -0.3 is 15.7 Å². The van der Waals surface area contributed by atoms with Crippen molar-refractivity contribution < 1.29 is 19.1 Å². The van der Waals surface area contributed by atoms with Gasteiger partial charge in [-0.05, 0) is 36.1 Å². The first-order valence-corrected chi connectivity index (χ1v) is 7.91. The summed E-state index contributed by atoms with van der Waals surface area (Å²) in [6.07, 6.45) is 2.20. The molecule has 8 heteroatoms. The van der Waals surface area contributed by atoms with Gasteiger partial charge in [0, 0.05) is 6.54 Å². The number of nitrogens with one attached hydrogen (secondary N) is 2. The first-order valence-electron chi connectivity index (χ1n) is 6.14. The molecule has 0 aliphatic heterocycles. The van der Waals surface area contributed by atoms with Crippen molar-refractivity contribution in [3.63, 3.8) is 0 Å². The van der Waals surface area contributed by atoms with Gasteiger partial charge in [0.05, 0.1) is 5.02 Å². The van der Waals surface area contributed by atoms with E-state index in [1.54, 1.807) is 0 Å². The van der Waals surface area contributed by atoms with E-state index in [4.69, 9.17) is 16.7 Å². The third-order valence-corrected chi connectivity index (χ3v) is 3.58. The van der Waals surface area contributed by atoms with Crippen LogP contribution < -0.4 is 10.6 Å². The molecule has 3 N–H and O–H groups in total. The van der Waals surface area contributed by atoms with Crippen LogP contribution in [0, 0.1) is 5.82 Å². The van der Waals surface area contributed by atoms with Crippen molar-refractivity contribution in [2.45, 2.75) is 19.0 Å². The zero-order chi connectivity index (χ0) is 15.8. The molecular weight excluding hydrogens is 319 g/mol. The maximum absolute atomic E-state index is 13.0. The van der Waals surface area contributed by atoms with Crippen molar-refractivity contribution in [2.75, 3.05) is 12.0 Å². The summed E-state index contributed by atoms with van der Waals surface area (Å²) in [5.74, 6) is -0.984. The minimum Gasteiger partial charge on any atom is -0.480 e. The lowest BCUT2D eigenvalue weighted by molar-refractivity contribution is -0.139. The van der Waals surface area contributed by atoms with Gasteiger partial charge in [-0.3, -0.25) is 0 Å². The summed E-state index contributed by atoms with van der Waals surface area (Å²) in [5, 5.41) is 13.8. The van der Waals surface area contributed by atoms with E-state index in [-0.39, 0.29) is 11.6 Å². The van der Waals surface area contributed by atoms with Crippen molar-refractivity contribution in [3.05, 3.63) is 34.6 Å². The fourth-order valence-corrected chi connectivity index (χ4v) is 2.21. The topological polar surface area (TPSA) is 78.4 Å². The van der Waals surface area contributed by atoms with Gasteiger partial charge in [-0.1, -0.05) is 17.7 Å². The lowest BCUT2D eigenvalue weighted by atomic mass is 10.2. The number of aliphatic carboxylic acids is 1. The highest BCUT2D eigenvalue weighted by Crippen LogP contribution is 2.15. The number of benzene rings is 1. The SMILES string of the molecule is CSCC[C@H](NC(=O)NCc1ccc(F)c(Cl)c1)C(=O)O. The predicted octanol–water partition coefficient (Wildman–Crippen LogP) is 2.48. The molecule has 0 saturated carbocycles. The van der Waals surface area contributed by atoms with Crippen LogP contribution in [0.5, 0.6) is 0 Å². The van der Waals surface area contributed by atoms with Crippen LogP contribution in [0.15, 0.2) is 18.2 Å². The van der Waals surface area contributed by atoms with Gasteiger partial charge in [0.25, 0.3) is 0 Å². The molecule has 1 rings (SSSR count). The Hall–Kier alpha value is -1.47. The Balaban J connectivity index is 2.48. The maximum atomic E-state index is 13.0. The molecule has 0 saturated heterocycles. The van der Waals surface area contributed by atoms with E-state index in [1.165, 1.54) is 30.0 Å². The van der Waals surface area contributed by atoms with Crippen molar-refractivity contribution in [2.24, 2.45) is 0 Å². The summed E-state index contributed by atoms with van der Waals surface area (Å²) in [4.78, 5) is 22.6. The molecule has 0 heterocycles. The van der Waals surface area contributed by atoms with Gasteiger partial charge in [0.2, 0.25) is 0 Å². The van der Waals surface area contributed by atoms with Crippen LogP contribution >= 0.6 is 23.4 Å². The molecular formula is C13H16ClFN2O3S. The molecule has 1 aromatic carbocycles. The molecule has 1 aromatic rings. The molecule has 116 valence electrons. The van der Waals surface area contributed by atoms with Crippen LogP contribution in [0.1, 0.15) is 12.0 Å². The van der Waals surface area contributed by atoms with E-state index in [1.807, 2.05) is 6.26 Å². The molecule has 0 bridgehead atoms. The highest BCUT2D eigenvalue weighted by Gasteiger charge is 2.19. The Morgan fingerprint density at radius 3 is 2.76 bits per heavy atom. The van der Waals surface area contributed by atoms with E-state index in [0.717, 1.165) is 0 Å². The summed E-state index contributed by atoms with van der Waals surface area (Å²) in [6.45, 7) is 0.126. The number of carboxylic acid groups (broad SMARTS) is 1. The number of carbonyl (C=O) groups excluding carboxylic acids is 1. The number of rotatable bonds is 7. The fraction of sp³-hybridized carbons (Fsp3) is 0.385. The summed E-state index contributed by atoms with van der Waals surface area (Å²) in [5.41, 5.74) is 0.618. The summed E-state index contributed by atoms with van der Waals surface area (Å²) < 4.78 is 13.0. The monoisotopic (exact) mass is 334 g/mol. The lowest BCUT2D eigenvalue weighted by Gasteiger charge is -2.14. The van der Waals surface area contributed by atoms with Gasteiger partial charge in [0.15, 0.2) is 0 Å². The number of hydrogen-bond acceptors (Lipinski definition) is 3. The maximum Gasteiger partial charge on any atom is 0.326 e. The molecule has 0 radical (unpaired) electrons. The van der Waals surface area contributed by atoms with E-state index >= 15 is 0 Å². The Labute approximate surface area is 131 Å². The van der Waals surface area contributed by atoms with Crippen LogP contribution in [-0.4, -0.2) is 35.2 Å². The summed E-state index contributed by atoms with van der Waals surface area (Å²) >= 11 is 7.13. The summed E-state index contributed by atoms with van der Waals surface area (Å²) in [6, 6.07) is 2.57. The first-order chi connectivity index (χ1) is 9.93. The van der Waals surface area contributed by atoms with Gasteiger partial charge >= 0.3 is 12.0 Å². The smallest absolute Gasteiger partial charge is 0.326 e. The second-order valence-corrected chi connectivity index (χ2v) is 5.64. The van der Waals surface area contributed by atoms with Crippen molar-refractivity contribution >= 4 is 35.4 Å². The second-order valence-electron chi connectivity index (χ2n) is 4.25. The number of carbonyl (C=O) groups is 2. The van der Waals surface area contributed by atoms with Gasteiger partial charge in [-0.25, -0.2) is 14.0 Å². The molecule has 0 spiro atoms. The standard InChI is InChI=1S/C13H16ClFN2O3S/c1-21-5-4-11(12(18)19)17-13(20)16-7-8-2-3-10(15)9(14)6-8/h2-3,6,11H,4-5,7H2,1H3,(H,18,19)(H2,16,17,20)/t11-/m0/s1. The highest BCUT2D eigenvalue weighted by atomic mass is 35.5. The van der Waals surface area contributed by atoms with Crippen LogP contribution in [0.3, 0.4) is 0 Å². The third kappa shape index (κ3) is 6.22. The molecule has 0 aromatic heterocycles. The van der Waals surface area contributed by atoms with E-state index in [9.17, 15) is 14.0 Å². The lowest BCUT2D eigenvalue weighted by Crippen LogP contribution is -2.46. The number of carboxylic acids is 1. The molecule has 5 nitrogen and oxygen atoms in total. The first kappa shape index (κ1) is 17.6. The minimum absolute atomic E-state index is 0.0295. The zero-order valence-electron chi connectivity index (χ0n) is 11.4. The average Bonchev–Trinajstić information content (AvgIpc) is 2.44. The average molecular weight is 335 g/mol. The van der Waals surface area contributed by atoms with E-state index < -0.39 is 23.9 Å². The quantitative estimate of drug-likeness (QED) is 0.716. The second kappa shape index (κ2) is 8.74. The Kier molecular flexibility index (Phi) is 7.31. The number of urea groups is 1. The molecule has 1 atom stereocenters. The molecule has 0 fully saturated rings. The number of thioether (sulfide) groups is 1. The molecule has 0 aliphatic rings. The Morgan fingerprint density at radius 1 is 1.48 bits per heavy atom. The summed E-state index contributed by atoms with van der Waals surface area (Å²) in [7, 11) is 0. The van der Waals surface area contributed by atoms with E-state index in [2.05, 4.69) is 10.6 Å². The number of halogens is 2. The van der Waals surface area contributed by atoms with Crippen LogP contribution in [0.2, 0.25) is 5.02 Å². The largest absolute Gasteiger partial charge is 0.480 e. The molecule has 0 aliphatic carbocycles. The fourth-order valence-electron chi connectivity index (χ4n) is 1.53. The normalized spacial score (nSPS) is 11.8. The van der Waals surface area contributed by atoms with Crippen molar-refractivity contribution in [3.8, 4) is 0 Å². The zero-order valence-corrected chi connectivity index (χ0v) is 12.9. The number of amides is 2. The molecule has 2 amide bonds. The van der Waals surface area contributed by atoms with Crippen LogP contribution in [0.25, 0.3) is 0 Å².